The lowest BCUT2D eigenvalue weighted by Crippen LogP contribution is -2.57. The van der Waals surface area contributed by atoms with E-state index in [1.165, 1.54) is 4.90 Å². The molecule has 3 rings (SSSR count). The summed E-state index contributed by atoms with van der Waals surface area (Å²) < 4.78 is 50.3. The number of ether oxygens (including phenoxy) is 2. The van der Waals surface area contributed by atoms with E-state index in [4.69, 9.17) is 9.47 Å². The number of halogens is 4. The Morgan fingerprint density at radius 2 is 1.92 bits per heavy atom. The number of rotatable bonds is 5. The third kappa shape index (κ3) is 5.15. The van der Waals surface area contributed by atoms with Gasteiger partial charge in [-0.3, -0.25) is 9.69 Å². The highest BCUT2D eigenvalue weighted by Crippen LogP contribution is 2.32. The maximum Gasteiger partial charge on any atom is 0.405 e. The maximum atomic E-state index is 13.3. The lowest BCUT2D eigenvalue weighted by Gasteiger charge is -2.35. The van der Waals surface area contributed by atoms with Crippen molar-refractivity contribution in [3.05, 3.63) is 23.8 Å². The molecule has 6 nitrogen and oxygen atoms in total. The first-order chi connectivity index (χ1) is 11.9. The molecule has 0 aromatic heterocycles. The number of fused-ring (bicyclic) bond motifs is 1. The summed E-state index contributed by atoms with van der Waals surface area (Å²) in [6.07, 6.45) is -4.40. The molecule has 0 saturated carbocycles. The number of amides is 1. The predicted molar refractivity (Wildman–Crippen MR) is 90.8 cm³/mol. The van der Waals surface area contributed by atoms with Crippen LogP contribution in [0.25, 0.3) is 0 Å². The van der Waals surface area contributed by atoms with Gasteiger partial charge in [-0.1, -0.05) is 6.07 Å². The van der Waals surface area contributed by atoms with Crippen molar-refractivity contribution < 1.29 is 27.4 Å². The van der Waals surface area contributed by atoms with Crippen LogP contribution in [0.5, 0.6) is 11.5 Å². The minimum Gasteiger partial charge on any atom is -0.454 e. The number of carbonyl (C=O) groups excluding carboxylic acids is 1. The molecule has 1 unspecified atom stereocenters. The van der Waals surface area contributed by atoms with Gasteiger partial charge >= 0.3 is 6.18 Å². The lowest BCUT2D eigenvalue weighted by atomic mass is 10.1. The van der Waals surface area contributed by atoms with E-state index in [1.54, 1.807) is 18.2 Å². The summed E-state index contributed by atoms with van der Waals surface area (Å²) in [5, 5.41) is 5.43. The van der Waals surface area contributed by atoms with E-state index in [0.717, 1.165) is 0 Å². The number of nitrogens with one attached hydrogen (secondary N) is 2. The summed E-state index contributed by atoms with van der Waals surface area (Å²) >= 11 is 0. The average molecular weight is 396 g/mol. The molecular weight excluding hydrogens is 375 g/mol. The number of carbonyl (C=O) groups is 1. The fraction of sp³-hybridized carbons (Fsp3) is 0.562. The van der Waals surface area contributed by atoms with Crippen molar-refractivity contribution in [3.63, 3.8) is 0 Å². The maximum absolute atomic E-state index is 13.3. The smallest absolute Gasteiger partial charge is 0.405 e. The third-order valence-corrected chi connectivity index (χ3v) is 4.26. The van der Waals surface area contributed by atoms with Crippen molar-refractivity contribution >= 4 is 18.3 Å². The Morgan fingerprint density at radius 1 is 1.23 bits per heavy atom. The Morgan fingerprint density at radius 3 is 2.62 bits per heavy atom. The molecule has 2 aliphatic rings. The second-order valence-electron chi connectivity index (χ2n) is 6.01. The first-order valence-electron chi connectivity index (χ1n) is 8.10. The lowest BCUT2D eigenvalue weighted by molar-refractivity contribution is -0.184. The molecule has 0 spiro atoms. The summed E-state index contributed by atoms with van der Waals surface area (Å²) in [4.78, 5) is 13.4. The number of hydrogen-bond acceptors (Lipinski definition) is 5. The van der Waals surface area contributed by atoms with Gasteiger partial charge in [0, 0.05) is 32.7 Å². The van der Waals surface area contributed by atoms with Crippen LogP contribution < -0.4 is 20.1 Å². The van der Waals surface area contributed by atoms with Crippen LogP contribution in [0.1, 0.15) is 5.56 Å². The normalized spacial score (nSPS) is 18.1. The molecule has 2 N–H and O–H groups in total. The quantitative estimate of drug-likeness (QED) is 0.787. The van der Waals surface area contributed by atoms with Crippen LogP contribution in [-0.4, -0.2) is 62.5 Å². The van der Waals surface area contributed by atoms with Gasteiger partial charge in [0.15, 0.2) is 11.5 Å². The van der Waals surface area contributed by atoms with Gasteiger partial charge in [-0.15, -0.1) is 12.4 Å². The van der Waals surface area contributed by atoms with E-state index < -0.39 is 24.7 Å². The summed E-state index contributed by atoms with van der Waals surface area (Å²) in [6, 6.07) is 3.38. The molecule has 0 bridgehead atoms. The molecule has 2 heterocycles. The Labute approximate surface area is 155 Å². The zero-order chi connectivity index (χ0) is 17.9. The number of benzene rings is 1. The minimum absolute atomic E-state index is 0. The number of piperazine rings is 1. The Balaban J connectivity index is 0.00000243. The Kier molecular flexibility index (Phi) is 6.96. The van der Waals surface area contributed by atoms with Crippen molar-refractivity contribution in [2.45, 2.75) is 18.6 Å². The van der Waals surface area contributed by atoms with E-state index in [0.29, 0.717) is 43.2 Å². The molecule has 1 fully saturated rings. The van der Waals surface area contributed by atoms with Crippen LogP contribution in [0.3, 0.4) is 0 Å². The van der Waals surface area contributed by atoms with Crippen LogP contribution in [0.2, 0.25) is 0 Å². The fourth-order valence-corrected chi connectivity index (χ4v) is 2.95. The monoisotopic (exact) mass is 395 g/mol. The number of hydrogen-bond donors (Lipinski definition) is 2. The molecular formula is C16H21ClF3N3O3. The van der Waals surface area contributed by atoms with Crippen molar-refractivity contribution in [2.24, 2.45) is 0 Å². The van der Waals surface area contributed by atoms with Crippen molar-refractivity contribution in [1.29, 1.82) is 0 Å². The molecule has 10 heteroatoms. The summed E-state index contributed by atoms with van der Waals surface area (Å²) in [5.74, 6) is 0.683. The Bertz CT molecular complexity index is 624. The van der Waals surface area contributed by atoms with Crippen LogP contribution in [0, 0.1) is 0 Å². The Hall–Kier alpha value is -1.71. The van der Waals surface area contributed by atoms with Crippen molar-refractivity contribution in [3.8, 4) is 11.5 Å². The molecule has 2 aliphatic heterocycles. The summed E-state index contributed by atoms with van der Waals surface area (Å²) in [5.41, 5.74) is 0.660. The van der Waals surface area contributed by atoms with Crippen molar-refractivity contribution in [1.82, 2.24) is 15.5 Å². The zero-order valence-electron chi connectivity index (χ0n) is 14.0. The van der Waals surface area contributed by atoms with Gasteiger partial charge in [-0.25, -0.2) is 0 Å². The molecule has 1 saturated heterocycles. The third-order valence-electron chi connectivity index (χ3n) is 4.26. The van der Waals surface area contributed by atoms with Crippen LogP contribution in [-0.2, 0) is 11.2 Å². The van der Waals surface area contributed by atoms with Gasteiger partial charge in [0.05, 0.1) is 6.42 Å². The van der Waals surface area contributed by atoms with E-state index >= 15 is 0 Å². The standard InChI is InChI=1S/C16H20F3N3O3.ClH/c17-16(18,19)14(22-5-3-20-4-6-22)9-21-15(23)8-11-1-2-12-13(7-11)25-10-24-12;/h1-2,7,14,20H,3-6,8-10H2,(H,21,23);1H. The highest BCUT2D eigenvalue weighted by Gasteiger charge is 2.43. The largest absolute Gasteiger partial charge is 0.454 e. The molecule has 1 aromatic rings. The van der Waals surface area contributed by atoms with Gasteiger partial charge in [-0.2, -0.15) is 13.2 Å². The van der Waals surface area contributed by atoms with Crippen LogP contribution >= 0.6 is 12.4 Å². The van der Waals surface area contributed by atoms with Gasteiger partial charge in [0.1, 0.15) is 6.04 Å². The second-order valence-corrected chi connectivity index (χ2v) is 6.01. The van der Waals surface area contributed by atoms with Crippen molar-refractivity contribution in [2.75, 3.05) is 39.5 Å². The summed E-state index contributed by atoms with van der Waals surface area (Å²) in [6.45, 7) is 1.32. The zero-order valence-corrected chi connectivity index (χ0v) is 14.8. The van der Waals surface area contributed by atoms with E-state index in [-0.39, 0.29) is 25.6 Å². The van der Waals surface area contributed by atoms with Crippen LogP contribution in [0.4, 0.5) is 13.2 Å². The van der Waals surface area contributed by atoms with E-state index in [9.17, 15) is 18.0 Å². The van der Waals surface area contributed by atoms with Gasteiger partial charge in [-0.05, 0) is 17.7 Å². The fourth-order valence-electron chi connectivity index (χ4n) is 2.95. The second kappa shape index (κ2) is 8.79. The molecule has 0 radical (unpaired) electrons. The van der Waals surface area contributed by atoms with Gasteiger partial charge in [0.2, 0.25) is 12.7 Å². The van der Waals surface area contributed by atoms with Gasteiger partial charge in [0.25, 0.3) is 0 Å². The molecule has 0 aliphatic carbocycles. The average Bonchev–Trinajstić information content (AvgIpc) is 3.02. The molecule has 26 heavy (non-hydrogen) atoms. The minimum atomic E-state index is -4.39. The molecule has 1 aromatic carbocycles. The molecule has 146 valence electrons. The first kappa shape index (κ1) is 20.6. The topological polar surface area (TPSA) is 62.8 Å². The van der Waals surface area contributed by atoms with Crippen LogP contribution in [0.15, 0.2) is 18.2 Å². The first-order valence-corrected chi connectivity index (χ1v) is 8.10. The summed E-state index contributed by atoms with van der Waals surface area (Å²) in [7, 11) is 0. The highest BCUT2D eigenvalue weighted by atomic mass is 35.5. The van der Waals surface area contributed by atoms with E-state index in [1.807, 2.05) is 0 Å². The molecule has 1 atom stereocenters. The SMILES string of the molecule is Cl.O=C(Cc1ccc2c(c1)OCO2)NCC(N1CCNCC1)C(F)(F)F. The number of nitrogens with zero attached hydrogens (tertiary/aromatic N) is 1. The number of alkyl halides is 3. The van der Waals surface area contributed by atoms with E-state index in [2.05, 4.69) is 10.6 Å². The predicted octanol–water partition coefficient (Wildman–Crippen LogP) is 1.33. The highest BCUT2D eigenvalue weighted by molar-refractivity contribution is 5.85. The molecule has 1 amide bonds. The van der Waals surface area contributed by atoms with Gasteiger partial charge < -0.3 is 20.1 Å².